The highest BCUT2D eigenvalue weighted by Crippen LogP contribution is 2.19. The van der Waals surface area contributed by atoms with E-state index in [0.29, 0.717) is 25.3 Å². The maximum Gasteiger partial charge on any atom is 0.255 e. The maximum atomic E-state index is 12.5. The fraction of sp³-hybridized carbons (Fsp3) is 0.500. The molecule has 2 unspecified atom stereocenters. The van der Waals surface area contributed by atoms with Gasteiger partial charge < -0.3 is 20.5 Å². The first-order chi connectivity index (χ1) is 9.65. The highest BCUT2D eigenvalue weighted by atomic mass is 32.1. The number of ether oxygens (including phenoxy) is 1. The van der Waals surface area contributed by atoms with E-state index < -0.39 is 0 Å². The fourth-order valence-corrected chi connectivity index (χ4v) is 2.78. The van der Waals surface area contributed by atoms with E-state index in [9.17, 15) is 4.79 Å². The number of hydrogen-bond donors (Lipinski definition) is 2. The predicted octanol–water partition coefficient (Wildman–Crippen LogP) is 0.280. The zero-order chi connectivity index (χ0) is 14.5. The van der Waals surface area contributed by atoms with E-state index in [2.05, 4.69) is 11.8 Å². The quantitative estimate of drug-likeness (QED) is 0.768. The largest absolute Gasteiger partial charge is 0.394 e. The molecular weight excluding hydrogens is 276 g/mol. The molecule has 6 heteroatoms. The summed E-state index contributed by atoms with van der Waals surface area (Å²) in [4.78, 5) is 15.1. The maximum absolute atomic E-state index is 12.5. The summed E-state index contributed by atoms with van der Waals surface area (Å²) < 4.78 is 5.44. The van der Waals surface area contributed by atoms with Gasteiger partial charge in [-0.15, -0.1) is 11.3 Å². The van der Waals surface area contributed by atoms with Crippen LogP contribution in [0.4, 0.5) is 0 Å². The summed E-state index contributed by atoms with van der Waals surface area (Å²) in [6, 6.07) is 1.79. The molecule has 1 aromatic rings. The third-order valence-electron chi connectivity index (χ3n) is 3.13. The van der Waals surface area contributed by atoms with Crippen molar-refractivity contribution in [2.45, 2.75) is 19.1 Å². The lowest BCUT2D eigenvalue weighted by Crippen LogP contribution is -2.51. The van der Waals surface area contributed by atoms with Gasteiger partial charge in [0.15, 0.2) is 0 Å². The SMILES string of the molecule is CC1COC(CO)CN1C(=O)c1csc(C#CCN)c1. The lowest BCUT2D eigenvalue weighted by Gasteiger charge is -2.37. The second kappa shape index (κ2) is 6.86. The molecule has 1 aliphatic heterocycles. The van der Waals surface area contributed by atoms with E-state index in [1.165, 1.54) is 11.3 Å². The topological polar surface area (TPSA) is 75.8 Å². The third kappa shape index (κ3) is 3.38. The molecule has 3 N–H and O–H groups in total. The van der Waals surface area contributed by atoms with Gasteiger partial charge in [0, 0.05) is 11.9 Å². The van der Waals surface area contributed by atoms with Crippen molar-refractivity contribution in [2.24, 2.45) is 5.73 Å². The number of rotatable bonds is 2. The molecule has 0 saturated carbocycles. The summed E-state index contributed by atoms with van der Waals surface area (Å²) in [6.45, 7) is 3.03. The molecule has 20 heavy (non-hydrogen) atoms. The molecule has 0 aliphatic carbocycles. The van der Waals surface area contributed by atoms with Crippen LogP contribution in [-0.4, -0.2) is 54.4 Å². The van der Waals surface area contributed by atoms with Crippen molar-refractivity contribution < 1.29 is 14.6 Å². The number of morpholine rings is 1. The molecule has 0 radical (unpaired) electrons. The second-order valence-electron chi connectivity index (χ2n) is 4.65. The summed E-state index contributed by atoms with van der Waals surface area (Å²) in [5, 5.41) is 11.0. The molecule has 0 aromatic carbocycles. The van der Waals surface area contributed by atoms with Crippen molar-refractivity contribution >= 4 is 17.2 Å². The van der Waals surface area contributed by atoms with Gasteiger partial charge in [0.05, 0.1) is 42.3 Å². The molecule has 1 fully saturated rings. The zero-order valence-electron chi connectivity index (χ0n) is 11.3. The lowest BCUT2D eigenvalue weighted by atomic mass is 10.1. The van der Waals surface area contributed by atoms with Crippen molar-refractivity contribution in [2.75, 3.05) is 26.3 Å². The summed E-state index contributed by atoms with van der Waals surface area (Å²) in [5.74, 6) is 5.65. The van der Waals surface area contributed by atoms with Crippen molar-refractivity contribution in [1.82, 2.24) is 4.90 Å². The number of aliphatic hydroxyl groups excluding tert-OH is 1. The van der Waals surface area contributed by atoms with Gasteiger partial charge >= 0.3 is 0 Å². The van der Waals surface area contributed by atoms with Crippen molar-refractivity contribution in [3.8, 4) is 11.8 Å². The Morgan fingerprint density at radius 2 is 2.50 bits per heavy atom. The Balaban J connectivity index is 2.11. The van der Waals surface area contributed by atoms with Crippen LogP contribution in [-0.2, 0) is 4.74 Å². The van der Waals surface area contributed by atoms with Crippen molar-refractivity contribution in [1.29, 1.82) is 0 Å². The summed E-state index contributed by atoms with van der Waals surface area (Å²) in [7, 11) is 0. The number of amides is 1. The first-order valence-corrected chi connectivity index (χ1v) is 7.34. The summed E-state index contributed by atoms with van der Waals surface area (Å²) in [5.41, 5.74) is 5.95. The Morgan fingerprint density at radius 1 is 1.70 bits per heavy atom. The van der Waals surface area contributed by atoms with E-state index in [1.54, 1.807) is 16.3 Å². The minimum atomic E-state index is -0.301. The highest BCUT2D eigenvalue weighted by molar-refractivity contribution is 7.10. The number of aliphatic hydroxyl groups is 1. The zero-order valence-corrected chi connectivity index (χ0v) is 12.2. The van der Waals surface area contributed by atoms with Crippen LogP contribution in [0.2, 0.25) is 0 Å². The van der Waals surface area contributed by atoms with Crippen LogP contribution in [0.3, 0.4) is 0 Å². The Hall–Kier alpha value is -1.39. The van der Waals surface area contributed by atoms with E-state index >= 15 is 0 Å². The molecule has 1 aromatic heterocycles. The molecule has 0 bridgehead atoms. The van der Waals surface area contributed by atoms with Gasteiger partial charge in [0.2, 0.25) is 0 Å². The normalized spacial score (nSPS) is 22.2. The molecule has 5 nitrogen and oxygen atoms in total. The average molecular weight is 294 g/mol. The van der Waals surface area contributed by atoms with Gasteiger partial charge in [0.1, 0.15) is 0 Å². The summed E-state index contributed by atoms with van der Waals surface area (Å²) in [6.07, 6.45) is -0.301. The lowest BCUT2D eigenvalue weighted by molar-refractivity contribution is -0.0667. The predicted molar refractivity (Wildman–Crippen MR) is 77.6 cm³/mol. The number of nitrogens with two attached hydrogens (primary N) is 1. The van der Waals surface area contributed by atoms with Crippen LogP contribution in [0.1, 0.15) is 22.2 Å². The first kappa shape index (κ1) is 15.0. The number of carbonyl (C=O) groups is 1. The molecule has 2 atom stereocenters. The fourth-order valence-electron chi connectivity index (χ4n) is 2.03. The van der Waals surface area contributed by atoms with Crippen LogP contribution in [0.15, 0.2) is 11.4 Å². The average Bonchev–Trinajstić information content (AvgIpc) is 2.93. The van der Waals surface area contributed by atoms with E-state index in [0.717, 1.165) is 4.88 Å². The minimum Gasteiger partial charge on any atom is -0.394 e. The molecule has 1 aliphatic rings. The van der Waals surface area contributed by atoms with Crippen molar-refractivity contribution in [3.63, 3.8) is 0 Å². The van der Waals surface area contributed by atoms with Crippen LogP contribution in [0.5, 0.6) is 0 Å². The smallest absolute Gasteiger partial charge is 0.255 e. The number of hydrogen-bond acceptors (Lipinski definition) is 5. The van der Waals surface area contributed by atoms with Gasteiger partial charge in [0.25, 0.3) is 5.91 Å². The number of thiophene rings is 1. The Labute approximate surface area is 122 Å². The van der Waals surface area contributed by atoms with Gasteiger partial charge in [-0.25, -0.2) is 0 Å². The molecule has 1 amide bonds. The molecule has 108 valence electrons. The Bertz CT molecular complexity index is 532. The molecule has 2 heterocycles. The molecular formula is C14H18N2O3S. The number of carbonyl (C=O) groups excluding carboxylic acids is 1. The highest BCUT2D eigenvalue weighted by Gasteiger charge is 2.30. The first-order valence-electron chi connectivity index (χ1n) is 6.46. The second-order valence-corrected chi connectivity index (χ2v) is 5.56. The van der Waals surface area contributed by atoms with Crippen LogP contribution >= 0.6 is 11.3 Å². The molecule has 2 rings (SSSR count). The summed E-state index contributed by atoms with van der Waals surface area (Å²) >= 11 is 1.43. The monoisotopic (exact) mass is 294 g/mol. The van der Waals surface area contributed by atoms with Crippen LogP contribution in [0.25, 0.3) is 0 Å². The third-order valence-corrected chi connectivity index (χ3v) is 3.98. The Kier molecular flexibility index (Phi) is 5.15. The standard InChI is InChI=1S/C14H18N2O3S/c1-10-8-19-12(7-17)6-16(10)14(18)11-5-13(20-9-11)3-2-4-15/h5,9-10,12,17H,4,6-8,15H2,1H3. The molecule has 1 saturated heterocycles. The van der Waals surface area contributed by atoms with Crippen molar-refractivity contribution in [3.05, 3.63) is 21.9 Å². The van der Waals surface area contributed by atoms with Gasteiger partial charge in [-0.1, -0.05) is 11.8 Å². The van der Waals surface area contributed by atoms with E-state index in [1.807, 2.05) is 6.92 Å². The van der Waals surface area contributed by atoms with Gasteiger partial charge in [-0.2, -0.15) is 0 Å². The minimum absolute atomic E-state index is 0.00350. The number of nitrogens with zero attached hydrogens (tertiary/aromatic N) is 1. The molecule has 0 spiro atoms. The Morgan fingerprint density at radius 3 is 3.20 bits per heavy atom. The van der Waals surface area contributed by atoms with Gasteiger partial charge in [-0.05, 0) is 13.0 Å². The van der Waals surface area contributed by atoms with Crippen LogP contribution < -0.4 is 5.73 Å². The van der Waals surface area contributed by atoms with Gasteiger partial charge in [-0.3, -0.25) is 4.79 Å². The van der Waals surface area contributed by atoms with E-state index in [4.69, 9.17) is 15.6 Å². The van der Waals surface area contributed by atoms with Crippen LogP contribution in [0, 0.1) is 11.8 Å². The van der Waals surface area contributed by atoms with E-state index in [-0.39, 0.29) is 24.7 Å².